The fourth-order valence-corrected chi connectivity index (χ4v) is 3.93. The smallest absolute Gasteiger partial charge is 0.410 e. The average molecular weight is 378 g/mol. The number of carbonyl (C=O) groups excluding carboxylic acids is 2. The van der Waals surface area contributed by atoms with Gasteiger partial charge in [0.05, 0.1) is 11.5 Å². The van der Waals surface area contributed by atoms with Crippen LogP contribution in [-0.4, -0.2) is 45.2 Å². The van der Waals surface area contributed by atoms with Gasteiger partial charge in [-0.05, 0) is 24.4 Å². The van der Waals surface area contributed by atoms with Gasteiger partial charge in [-0.15, -0.1) is 0 Å². The molecule has 0 aromatic heterocycles. The Bertz CT molecular complexity index is 624. The van der Waals surface area contributed by atoms with E-state index in [-0.39, 0.29) is 29.4 Å². The fourth-order valence-electron chi connectivity index (χ4n) is 2.92. The maximum Gasteiger partial charge on any atom is 0.410 e. The summed E-state index contributed by atoms with van der Waals surface area (Å²) in [4.78, 5) is 26.5. The Balaban J connectivity index is 1.95. The van der Waals surface area contributed by atoms with Gasteiger partial charge in [-0.2, -0.15) is 0 Å². The van der Waals surface area contributed by atoms with Crippen molar-refractivity contribution < 1.29 is 18.8 Å². The van der Waals surface area contributed by atoms with Crippen LogP contribution < -0.4 is 0 Å². The van der Waals surface area contributed by atoms with Crippen LogP contribution in [0.15, 0.2) is 30.3 Å². The summed E-state index contributed by atoms with van der Waals surface area (Å²) < 4.78 is 11.6. The van der Waals surface area contributed by atoms with E-state index in [0.717, 1.165) is 5.56 Å². The number of benzene rings is 1. The molecule has 1 aromatic carbocycles. The Kier molecular flexibility index (Phi) is 6.63. The Morgan fingerprint density at radius 1 is 1.19 bits per heavy atom. The number of rotatable bonds is 5. The van der Waals surface area contributed by atoms with Gasteiger partial charge in [-0.25, -0.2) is 4.79 Å². The topological polar surface area (TPSA) is 55.8 Å². The van der Waals surface area contributed by atoms with Crippen molar-refractivity contribution in [2.24, 2.45) is 5.92 Å². The van der Waals surface area contributed by atoms with Gasteiger partial charge >= 0.3 is 6.09 Å². The van der Waals surface area contributed by atoms with Crippen molar-refractivity contribution in [2.45, 2.75) is 58.3 Å². The zero-order valence-electron chi connectivity index (χ0n) is 16.6. The van der Waals surface area contributed by atoms with Crippen molar-refractivity contribution in [1.82, 2.24) is 4.90 Å². The lowest BCUT2D eigenvalue weighted by Gasteiger charge is -2.41. The average Bonchev–Trinajstić information content (AvgIpc) is 2.58. The molecule has 0 spiro atoms. The number of Topliss-reactive ketones (excluding diaryl/α,β-unsaturated/α-hetero) is 1. The summed E-state index contributed by atoms with van der Waals surface area (Å²) >= 11 is 0. The summed E-state index contributed by atoms with van der Waals surface area (Å²) in [6.07, 6.45) is -0.00942. The minimum Gasteiger partial charge on any atom is -0.445 e. The van der Waals surface area contributed by atoms with Crippen LogP contribution in [0.3, 0.4) is 0 Å². The van der Waals surface area contributed by atoms with Crippen LogP contribution in [0.1, 0.15) is 46.6 Å². The van der Waals surface area contributed by atoms with Crippen molar-refractivity contribution in [3.8, 4) is 0 Å². The minimum atomic E-state index is -0.790. The largest absolute Gasteiger partial charge is 0.445 e. The van der Waals surface area contributed by atoms with Crippen LogP contribution in [0.25, 0.3) is 0 Å². The highest BCUT2D eigenvalue weighted by Crippen LogP contribution is 2.31. The van der Waals surface area contributed by atoms with Gasteiger partial charge < -0.3 is 14.1 Å². The van der Waals surface area contributed by atoms with Crippen molar-refractivity contribution in [3.63, 3.8) is 0 Å². The Labute approximate surface area is 159 Å². The molecule has 0 aliphatic carbocycles. The summed E-state index contributed by atoms with van der Waals surface area (Å²) in [6.45, 7) is 11.4. The normalized spacial score (nSPS) is 19.2. The third-order valence-corrected chi connectivity index (χ3v) is 6.35. The van der Waals surface area contributed by atoms with E-state index in [1.54, 1.807) is 4.90 Å². The molecule has 1 heterocycles. The lowest BCUT2D eigenvalue weighted by Crippen LogP contribution is -2.53. The summed E-state index contributed by atoms with van der Waals surface area (Å²) in [6, 6.07) is 9.60. The number of likely N-dealkylation sites (tertiary alicyclic amines) is 1. The minimum absolute atomic E-state index is 0.156. The van der Waals surface area contributed by atoms with E-state index in [1.807, 2.05) is 44.2 Å². The quantitative estimate of drug-likeness (QED) is 0.739. The Morgan fingerprint density at radius 3 is 2.46 bits per heavy atom. The summed E-state index contributed by atoms with van der Waals surface area (Å²) in [5, 5.41) is 0.156. The Morgan fingerprint density at radius 2 is 1.85 bits per heavy atom. The van der Waals surface area contributed by atoms with Crippen molar-refractivity contribution in [3.05, 3.63) is 35.9 Å². The van der Waals surface area contributed by atoms with Crippen LogP contribution >= 0.6 is 0 Å². The maximum atomic E-state index is 12.5. The molecular weight excluding hydrogens is 346 g/mol. The van der Waals surface area contributed by atoms with Crippen LogP contribution in [0.5, 0.6) is 0 Å². The monoisotopic (exact) mass is 377 g/mol. The van der Waals surface area contributed by atoms with Crippen LogP contribution in [-0.2, 0) is 20.6 Å². The zero-order valence-corrected chi connectivity index (χ0v) is 18.0. The van der Waals surface area contributed by atoms with Crippen LogP contribution in [0, 0.1) is 5.92 Å². The third-order valence-electron chi connectivity index (χ3n) is 4.60. The molecule has 0 bridgehead atoms. The van der Waals surface area contributed by atoms with Gasteiger partial charge in [0.2, 0.25) is 0 Å². The highest BCUT2D eigenvalue weighted by atomic mass is 28.2. The number of ether oxygens (including phenoxy) is 1. The third kappa shape index (κ3) is 5.95. The number of carbonyl (C=O) groups is 2. The van der Waals surface area contributed by atoms with Gasteiger partial charge in [0.15, 0.2) is 9.76 Å². The zero-order chi connectivity index (χ0) is 19.4. The van der Waals surface area contributed by atoms with Gasteiger partial charge in [-0.3, -0.25) is 4.79 Å². The summed E-state index contributed by atoms with van der Waals surface area (Å²) in [7, 11) is -0.790. The molecule has 1 atom stereocenters. The first kappa shape index (κ1) is 20.6. The first-order valence-electron chi connectivity index (χ1n) is 9.21. The molecule has 1 amide bonds. The van der Waals surface area contributed by atoms with E-state index in [9.17, 15) is 9.59 Å². The molecule has 26 heavy (non-hydrogen) atoms. The van der Waals surface area contributed by atoms with E-state index in [0.29, 0.717) is 19.5 Å². The van der Waals surface area contributed by atoms with E-state index in [1.165, 1.54) is 0 Å². The SMILES string of the molecule is CC(C)(C)[SiH2]OC(C)(C)C1CN(C(=O)OCc2ccccc2)CCC1=O. The first-order chi connectivity index (χ1) is 12.1. The molecule has 5 nitrogen and oxygen atoms in total. The number of hydrogen-bond acceptors (Lipinski definition) is 4. The lowest BCUT2D eigenvalue weighted by molar-refractivity contribution is -0.133. The van der Waals surface area contributed by atoms with Crippen molar-refractivity contribution in [1.29, 1.82) is 0 Å². The van der Waals surface area contributed by atoms with E-state index >= 15 is 0 Å². The molecular formula is C20H31NO4Si. The summed E-state index contributed by atoms with van der Waals surface area (Å²) in [5.41, 5.74) is 0.389. The van der Waals surface area contributed by atoms with Crippen LogP contribution in [0.2, 0.25) is 5.04 Å². The van der Waals surface area contributed by atoms with E-state index < -0.39 is 15.4 Å². The Hall–Kier alpha value is -1.66. The van der Waals surface area contributed by atoms with E-state index in [4.69, 9.17) is 9.16 Å². The highest BCUT2D eigenvalue weighted by molar-refractivity contribution is 6.31. The van der Waals surface area contributed by atoms with Gasteiger partial charge in [0, 0.05) is 19.5 Å². The van der Waals surface area contributed by atoms with Crippen molar-refractivity contribution in [2.75, 3.05) is 13.1 Å². The second-order valence-corrected chi connectivity index (χ2v) is 11.4. The molecule has 1 aromatic rings. The molecule has 1 saturated heterocycles. The lowest BCUT2D eigenvalue weighted by atomic mass is 9.83. The maximum absolute atomic E-state index is 12.5. The number of piperidine rings is 1. The number of nitrogens with zero attached hydrogens (tertiary/aromatic N) is 1. The fraction of sp³-hybridized carbons (Fsp3) is 0.600. The second kappa shape index (κ2) is 8.35. The first-order valence-corrected chi connectivity index (χ1v) is 10.5. The van der Waals surface area contributed by atoms with Gasteiger partial charge in [-0.1, -0.05) is 51.1 Å². The summed E-state index contributed by atoms with van der Waals surface area (Å²) in [5.74, 6) is -0.139. The molecule has 0 radical (unpaired) electrons. The molecule has 1 aliphatic rings. The van der Waals surface area contributed by atoms with Crippen LogP contribution in [0.4, 0.5) is 4.79 Å². The molecule has 6 heteroatoms. The predicted octanol–water partition coefficient (Wildman–Crippen LogP) is 3.31. The molecule has 0 N–H and O–H groups in total. The van der Waals surface area contributed by atoms with Gasteiger partial charge in [0.1, 0.15) is 12.4 Å². The van der Waals surface area contributed by atoms with E-state index in [2.05, 4.69) is 20.8 Å². The second-order valence-electron chi connectivity index (χ2n) is 8.71. The molecule has 1 unspecified atom stereocenters. The molecule has 144 valence electrons. The number of ketones is 1. The highest BCUT2D eigenvalue weighted by Gasteiger charge is 2.41. The van der Waals surface area contributed by atoms with Gasteiger partial charge in [0.25, 0.3) is 0 Å². The molecule has 0 saturated carbocycles. The molecule has 2 rings (SSSR count). The number of amides is 1. The molecule has 1 aliphatic heterocycles. The number of hydrogen-bond donors (Lipinski definition) is 0. The van der Waals surface area contributed by atoms with Crippen molar-refractivity contribution >= 4 is 21.6 Å². The predicted molar refractivity (Wildman–Crippen MR) is 105 cm³/mol. The molecule has 1 fully saturated rings. The standard InChI is InChI=1S/C20H31NO4Si/c1-19(2,3)26-25-20(4,5)16-13-21(12-11-17(16)22)18(23)24-14-15-9-7-6-8-10-15/h6-10,16H,11-14,26H2,1-5H3.